The molecule has 0 aliphatic rings. The summed E-state index contributed by atoms with van der Waals surface area (Å²) in [5.41, 5.74) is -5.06. The molecule has 1 aromatic rings. The lowest BCUT2D eigenvalue weighted by Crippen LogP contribution is -2.36. The van der Waals surface area contributed by atoms with Crippen LogP contribution in [0.25, 0.3) is 0 Å². The van der Waals surface area contributed by atoms with Gasteiger partial charge in [-0.1, -0.05) is 30.3 Å². The number of aliphatic carboxylic acids is 1. The summed E-state index contributed by atoms with van der Waals surface area (Å²) in [6.45, 7) is -0.945. The van der Waals surface area contributed by atoms with Crippen LogP contribution in [0.5, 0.6) is 0 Å². The van der Waals surface area contributed by atoms with Gasteiger partial charge >= 0.3 is 21.6 Å². The van der Waals surface area contributed by atoms with E-state index in [2.05, 4.69) is 4.18 Å². The smallest absolute Gasteiger partial charge is 0.479 e. The van der Waals surface area contributed by atoms with Gasteiger partial charge in [0, 0.05) is 0 Å². The van der Waals surface area contributed by atoms with Gasteiger partial charge in [0.05, 0.1) is 13.2 Å². The standard InChI is InChI=1S/C11H11F3O6S/c12-11(13,14)21(17,18)20-9(10(15)16)7-19-6-8-4-2-1-3-5-8/h1-5,9H,6-7H2,(H,15,16). The van der Waals surface area contributed by atoms with Crippen molar-refractivity contribution in [1.29, 1.82) is 0 Å². The molecule has 0 radical (unpaired) electrons. The number of benzene rings is 1. The van der Waals surface area contributed by atoms with E-state index in [1.165, 1.54) is 0 Å². The third-order valence-electron chi connectivity index (χ3n) is 2.18. The molecular formula is C11H11F3O6S. The Morgan fingerprint density at radius 1 is 1.24 bits per heavy atom. The zero-order valence-electron chi connectivity index (χ0n) is 10.4. The van der Waals surface area contributed by atoms with Crippen molar-refractivity contribution in [2.75, 3.05) is 6.61 Å². The van der Waals surface area contributed by atoms with Crippen LogP contribution < -0.4 is 0 Å². The third-order valence-corrected chi connectivity index (χ3v) is 3.24. The second-order valence-electron chi connectivity index (χ2n) is 3.82. The van der Waals surface area contributed by atoms with Gasteiger partial charge in [0.25, 0.3) is 0 Å². The number of hydrogen-bond acceptors (Lipinski definition) is 5. The molecule has 0 fully saturated rings. The predicted octanol–water partition coefficient (Wildman–Crippen LogP) is 1.52. The lowest BCUT2D eigenvalue weighted by molar-refractivity contribution is -0.149. The first kappa shape index (κ1) is 17.4. The highest BCUT2D eigenvalue weighted by Gasteiger charge is 2.49. The van der Waals surface area contributed by atoms with Gasteiger partial charge in [0.2, 0.25) is 0 Å². The normalized spacial score (nSPS) is 13.9. The molecular weight excluding hydrogens is 317 g/mol. The van der Waals surface area contributed by atoms with Crippen molar-refractivity contribution in [2.45, 2.75) is 18.2 Å². The van der Waals surface area contributed by atoms with Crippen molar-refractivity contribution in [3.63, 3.8) is 0 Å². The van der Waals surface area contributed by atoms with Gasteiger partial charge in [-0.25, -0.2) is 8.98 Å². The molecule has 0 heterocycles. The van der Waals surface area contributed by atoms with Crippen LogP contribution >= 0.6 is 0 Å². The monoisotopic (exact) mass is 328 g/mol. The Hall–Kier alpha value is -1.65. The Morgan fingerprint density at radius 2 is 1.81 bits per heavy atom. The maximum atomic E-state index is 12.1. The number of ether oxygens (including phenoxy) is 1. The van der Waals surface area contributed by atoms with Crippen LogP contribution in [0.4, 0.5) is 13.2 Å². The second-order valence-corrected chi connectivity index (χ2v) is 5.39. The van der Waals surface area contributed by atoms with Crippen molar-refractivity contribution < 1.29 is 40.4 Å². The Kier molecular flexibility index (Phi) is 5.70. The van der Waals surface area contributed by atoms with Crippen molar-refractivity contribution in [3.05, 3.63) is 35.9 Å². The molecule has 1 unspecified atom stereocenters. The topological polar surface area (TPSA) is 89.9 Å². The highest BCUT2D eigenvalue weighted by molar-refractivity contribution is 7.87. The van der Waals surface area contributed by atoms with Gasteiger partial charge in [0.15, 0.2) is 6.10 Å². The molecule has 0 amide bonds. The largest absolute Gasteiger partial charge is 0.523 e. The molecule has 1 N–H and O–H groups in total. The van der Waals surface area contributed by atoms with E-state index in [0.717, 1.165) is 0 Å². The fourth-order valence-electron chi connectivity index (χ4n) is 1.21. The number of carbonyl (C=O) groups is 1. The van der Waals surface area contributed by atoms with Crippen LogP contribution in [0.1, 0.15) is 5.56 Å². The van der Waals surface area contributed by atoms with E-state index in [9.17, 15) is 26.4 Å². The molecule has 0 aromatic heterocycles. The number of carboxylic acids is 1. The maximum absolute atomic E-state index is 12.1. The van der Waals surface area contributed by atoms with Crippen molar-refractivity contribution in [2.24, 2.45) is 0 Å². The van der Waals surface area contributed by atoms with Gasteiger partial charge in [-0.2, -0.15) is 21.6 Å². The zero-order chi connectivity index (χ0) is 16.1. The minimum Gasteiger partial charge on any atom is -0.479 e. The average molecular weight is 328 g/mol. The molecule has 1 atom stereocenters. The Morgan fingerprint density at radius 3 is 2.29 bits per heavy atom. The highest BCUT2D eigenvalue weighted by atomic mass is 32.2. The van der Waals surface area contributed by atoms with E-state index in [1.54, 1.807) is 30.3 Å². The number of rotatable bonds is 7. The first-order valence-corrected chi connectivity index (χ1v) is 6.88. The summed E-state index contributed by atoms with van der Waals surface area (Å²) in [6, 6.07) is 8.37. The Balaban J connectivity index is 2.61. The molecule has 1 aromatic carbocycles. The quantitative estimate of drug-likeness (QED) is 0.603. The number of alkyl halides is 3. The lowest BCUT2D eigenvalue weighted by Gasteiger charge is -2.15. The molecule has 0 aliphatic heterocycles. The van der Waals surface area contributed by atoms with Gasteiger partial charge in [-0.15, -0.1) is 0 Å². The number of halogens is 3. The summed E-state index contributed by atoms with van der Waals surface area (Å²) in [5, 5.41) is 8.66. The lowest BCUT2D eigenvalue weighted by atomic mass is 10.2. The minimum atomic E-state index is -6.00. The summed E-state index contributed by atoms with van der Waals surface area (Å²) < 4.78 is 66.2. The van der Waals surface area contributed by atoms with Crippen LogP contribution in [0.15, 0.2) is 30.3 Å². The fraction of sp³-hybridized carbons (Fsp3) is 0.364. The number of carboxylic acid groups (broad SMARTS) is 1. The first-order chi connectivity index (χ1) is 9.63. The van der Waals surface area contributed by atoms with Crippen LogP contribution in [0.2, 0.25) is 0 Å². The Labute approximate surface area is 118 Å². The summed E-state index contributed by atoms with van der Waals surface area (Å²) in [6.07, 6.45) is -2.28. The molecule has 0 spiro atoms. The van der Waals surface area contributed by atoms with E-state index in [4.69, 9.17) is 9.84 Å². The van der Waals surface area contributed by atoms with Crippen molar-refractivity contribution >= 4 is 16.1 Å². The molecule has 10 heteroatoms. The predicted molar refractivity (Wildman–Crippen MR) is 63.6 cm³/mol. The SMILES string of the molecule is O=C(O)C(COCc1ccccc1)OS(=O)(=O)C(F)(F)F. The molecule has 0 saturated carbocycles. The van der Waals surface area contributed by atoms with Crippen LogP contribution in [-0.4, -0.2) is 37.7 Å². The van der Waals surface area contributed by atoms with Crippen LogP contribution in [0, 0.1) is 0 Å². The van der Waals surface area contributed by atoms with E-state index >= 15 is 0 Å². The molecule has 21 heavy (non-hydrogen) atoms. The third kappa shape index (κ3) is 5.33. The minimum absolute atomic E-state index is 0.0972. The summed E-state index contributed by atoms with van der Waals surface area (Å²) >= 11 is 0. The van der Waals surface area contributed by atoms with Gasteiger partial charge < -0.3 is 9.84 Å². The first-order valence-electron chi connectivity index (χ1n) is 5.47. The molecule has 0 saturated heterocycles. The van der Waals surface area contributed by atoms with Crippen molar-refractivity contribution in [3.8, 4) is 0 Å². The van der Waals surface area contributed by atoms with E-state index in [-0.39, 0.29) is 6.61 Å². The zero-order valence-corrected chi connectivity index (χ0v) is 11.2. The Bertz CT molecular complexity index is 569. The van der Waals surface area contributed by atoms with Crippen LogP contribution in [0.3, 0.4) is 0 Å². The molecule has 1 rings (SSSR count). The number of hydrogen-bond donors (Lipinski definition) is 1. The van der Waals surface area contributed by atoms with E-state index in [0.29, 0.717) is 5.56 Å². The van der Waals surface area contributed by atoms with Gasteiger partial charge in [0.1, 0.15) is 0 Å². The summed E-state index contributed by atoms with van der Waals surface area (Å²) in [5.74, 6) is -1.88. The average Bonchev–Trinajstić information content (AvgIpc) is 2.37. The van der Waals surface area contributed by atoms with Gasteiger partial charge in [-0.3, -0.25) is 0 Å². The summed E-state index contributed by atoms with van der Waals surface area (Å²) in [7, 11) is -6.00. The maximum Gasteiger partial charge on any atom is 0.523 e. The fourth-order valence-corrected chi connectivity index (χ4v) is 1.76. The van der Waals surface area contributed by atoms with E-state index < -0.39 is 34.3 Å². The van der Waals surface area contributed by atoms with Gasteiger partial charge in [-0.05, 0) is 5.56 Å². The highest BCUT2D eigenvalue weighted by Crippen LogP contribution is 2.25. The molecule has 6 nitrogen and oxygen atoms in total. The molecule has 118 valence electrons. The second kappa shape index (κ2) is 6.87. The van der Waals surface area contributed by atoms with Crippen molar-refractivity contribution in [1.82, 2.24) is 0 Å². The van der Waals surface area contributed by atoms with E-state index in [1.807, 2.05) is 0 Å². The summed E-state index contributed by atoms with van der Waals surface area (Å²) in [4.78, 5) is 10.7. The molecule has 0 aliphatic carbocycles. The molecule has 0 bridgehead atoms. The van der Waals surface area contributed by atoms with Crippen LogP contribution in [-0.2, 0) is 30.4 Å².